The molecule has 0 aromatic heterocycles. The number of aliphatic hydroxyl groups is 1. The van der Waals surface area contributed by atoms with Gasteiger partial charge in [0, 0.05) is 19.3 Å². The van der Waals surface area contributed by atoms with Crippen molar-refractivity contribution < 1.29 is 19.3 Å². The molecule has 1 aliphatic heterocycles. The van der Waals surface area contributed by atoms with Crippen LogP contribution in [-0.4, -0.2) is 32.0 Å². The van der Waals surface area contributed by atoms with Crippen LogP contribution in [0.25, 0.3) is 0 Å². The molecule has 1 unspecified atom stereocenters. The Labute approximate surface area is 101 Å². The number of para-hydroxylation sites is 1. The maximum absolute atomic E-state index is 10.1. The normalized spacial score (nSPS) is 15.6. The molecule has 0 radical (unpaired) electrons. The summed E-state index contributed by atoms with van der Waals surface area (Å²) >= 11 is 0. The fraction of sp³-hybridized carbons (Fsp3) is 0.538. The van der Waals surface area contributed by atoms with Crippen LogP contribution in [-0.2, 0) is 4.74 Å². The van der Waals surface area contributed by atoms with Gasteiger partial charge < -0.3 is 19.3 Å². The van der Waals surface area contributed by atoms with E-state index in [-0.39, 0.29) is 0 Å². The van der Waals surface area contributed by atoms with E-state index in [9.17, 15) is 5.11 Å². The van der Waals surface area contributed by atoms with Gasteiger partial charge in [-0.3, -0.25) is 0 Å². The Morgan fingerprint density at radius 2 is 2.18 bits per heavy atom. The van der Waals surface area contributed by atoms with Gasteiger partial charge in [-0.15, -0.1) is 0 Å². The summed E-state index contributed by atoms with van der Waals surface area (Å²) < 4.78 is 16.0. The summed E-state index contributed by atoms with van der Waals surface area (Å²) in [5, 5.41) is 10.1. The predicted molar refractivity (Wildman–Crippen MR) is 63.5 cm³/mol. The summed E-state index contributed by atoms with van der Waals surface area (Å²) in [6, 6.07) is 5.62. The highest BCUT2D eigenvalue weighted by Crippen LogP contribution is 2.38. The first-order valence-corrected chi connectivity index (χ1v) is 5.88. The van der Waals surface area contributed by atoms with Crippen molar-refractivity contribution in [1.29, 1.82) is 0 Å². The van der Waals surface area contributed by atoms with Crippen molar-refractivity contribution in [2.45, 2.75) is 18.9 Å². The minimum atomic E-state index is -0.526. The SMILES string of the molecule is COCCCC(O)c1cccc2c1OCCO2. The molecule has 1 aliphatic rings. The minimum Gasteiger partial charge on any atom is -0.486 e. The molecule has 0 saturated carbocycles. The zero-order valence-electron chi connectivity index (χ0n) is 10.0. The van der Waals surface area contributed by atoms with Gasteiger partial charge in [-0.1, -0.05) is 12.1 Å². The lowest BCUT2D eigenvalue weighted by Crippen LogP contribution is -2.17. The third-order valence-electron chi connectivity index (χ3n) is 2.78. The first kappa shape index (κ1) is 12.2. The first-order chi connectivity index (χ1) is 8.33. The van der Waals surface area contributed by atoms with Gasteiger partial charge in [0.05, 0.1) is 6.10 Å². The zero-order valence-corrected chi connectivity index (χ0v) is 10.0. The number of fused-ring (bicyclic) bond motifs is 1. The van der Waals surface area contributed by atoms with Crippen molar-refractivity contribution in [3.63, 3.8) is 0 Å². The second-order valence-corrected chi connectivity index (χ2v) is 4.02. The third-order valence-corrected chi connectivity index (χ3v) is 2.78. The van der Waals surface area contributed by atoms with Crippen molar-refractivity contribution in [2.24, 2.45) is 0 Å². The molecule has 0 fully saturated rings. The largest absolute Gasteiger partial charge is 0.486 e. The highest BCUT2D eigenvalue weighted by Gasteiger charge is 2.20. The molecule has 0 bridgehead atoms. The maximum atomic E-state index is 10.1. The lowest BCUT2D eigenvalue weighted by atomic mass is 10.0. The number of methoxy groups -OCH3 is 1. The average molecular weight is 238 g/mol. The molecule has 4 nitrogen and oxygen atoms in total. The summed E-state index contributed by atoms with van der Waals surface area (Å²) in [6.07, 6.45) is 0.956. The lowest BCUT2D eigenvalue weighted by molar-refractivity contribution is 0.124. The van der Waals surface area contributed by atoms with Gasteiger partial charge in [-0.25, -0.2) is 0 Å². The lowest BCUT2D eigenvalue weighted by Gasteiger charge is -2.23. The van der Waals surface area contributed by atoms with E-state index in [1.165, 1.54) is 0 Å². The van der Waals surface area contributed by atoms with Crippen LogP contribution in [0, 0.1) is 0 Å². The summed E-state index contributed by atoms with van der Waals surface area (Å²) in [5.41, 5.74) is 0.804. The van der Waals surface area contributed by atoms with E-state index in [4.69, 9.17) is 14.2 Å². The second-order valence-electron chi connectivity index (χ2n) is 4.02. The number of benzene rings is 1. The summed E-state index contributed by atoms with van der Waals surface area (Å²) in [5.74, 6) is 1.41. The van der Waals surface area contributed by atoms with E-state index in [0.717, 1.165) is 17.7 Å². The van der Waals surface area contributed by atoms with Gasteiger partial charge in [-0.05, 0) is 18.9 Å². The molecule has 1 N–H and O–H groups in total. The number of hydrogen-bond acceptors (Lipinski definition) is 4. The van der Waals surface area contributed by atoms with Crippen LogP contribution in [0.3, 0.4) is 0 Å². The van der Waals surface area contributed by atoms with E-state index >= 15 is 0 Å². The van der Waals surface area contributed by atoms with Gasteiger partial charge in [0.2, 0.25) is 0 Å². The highest BCUT2D eigenvalue weighted by atomic mass is 16.6. The Morgan fingerprint density at radius 3 is 3.00 bits per heavy atom. The molecule has 94 valence electrons. The van der Waals surface area contributed by atoms with Crippen LogP contribution in [0.2, 0.25) is 0 Å². The molecule has 0 amide bonds. The number of aliphatic hydroxyl groups excluding tert-OH is 1. The van der Waals surface area contributed by atoms with E-state index in [2.05, 4.69) is 0 Å². The molecule has 17 heavy (non-hydrogen) atoms. The molecule has 1 aromatic rings. The molecule has 1 atom stereocenters. The Kier molecular flexibility index (Phi) is 4.23. The minimum absolute atomic E-state index is 0.526. The summed E-state index contributed by atoms with van der Waals surface area (Å²) in [7, 11) is 1.66. The molecule has 1 aromatic carbocycles. The summed E-state index contributed by atoms with van der Waals surface area (Å²) in [4.78, 5) is 0. The van der Waals surface area contributed by atoms with E-state index < -0.39 is 6.10 Å². The molecule has 4 heteroatoms. The van der Waals surface area contributed by atoms with E-state index in [1.54, 1.807) is 7.11 Å². The van der Waals surface area contributed by atoms with Crippen LogP contribution >= 0.6 is 0 Å². The van der Waals surface area contributed by atoms with Crippen LogP contribution in [0.1, 0.15) is 24.5 Å². The molecular formula is C13H18O4. The molecule has 0 aliphatic carbocycles. The van der Waals surface area contributed by atoms with Crippen LogP contribution in [0.4, 0.5) is 0 Å². The van der Waals surface area contributed by atoms with Crippen molar-refractivity contribution in [1.82, 2.24) is 0 Å². The van der Waals surface area contributed by atoms with Gasteiger partial charge in [0.1, 0.15) is 13.2 Å². The fourth-order valence-electron chi connectivity index (χ4n) is 1.94. The predicted octanol–water partition coefficient (Wildman–Crippen LogP) is 1.92. The Hall–Kier alpha value is -1.26. The van der Waals surface area contributed by atoms with Crippen molar-refractivity contribution in [3.8, 4) is 11.5 Å². The Bertz CT molecular complexity index is 364. The van der Waals surface area contributed by atoms with Crippen molar-refractivity contribution >= 4 is 0 Å². The van der Waals surface area contributed by atoms with Crippen LogP contribution in [0.5, 0.6) is 11.5 Å². The standard InChI is InChI=1S/C13H18O4/c1-15-7-3-5-11(14)10-4-2-6-12-13(10)17-9-8-16-12/h2,4,6,11,14H,3,5,7-9H2,1H3. The quantitative estimate of drug-likeness (QED) is 0.796. The number of ether oxygens (including phenoxy) is 3. The average Bonchev–Trinajstić information content (AvgIpc) is 2.38. The van der Waals surface area contributed by atoms with Gasteiger partial charge in [0.15, 0.2) is 11.5 Å². The van der Waals surface area contributed by atoms with Crippen molar-refractivity contribution in [2.75, 3.05) is 26.9 Å². The number of hydrogen-bond donors (Lipinski definition) is 1. The van der Waals surface area contributed by atoms with E-state index in [0.29, 0.717) is 32.0 Å². The topological polar surface area (TPSA) is 47.9 Å². The summed E-state index contributed by atoms with van der Waals surface area (Å²) in [6.45, 7) is 1.76. The third kappa shape index (κ3) is 2.90. The molecule has 1 heterocycles. The fourth-order valence-corrected chi connectivity index (χ4v) is 1.94. The van der Waals surface area contributed by atoms with Gasteiger partial charge in [0.25, 0.3) is 0 Å². The second kappa shape index (κ2) is 5.89. The highest BCUT2D eigenvalue weighted by molar-refractivity contribution is 5.48. The Morgan fingerprint density at radius 1 is 1.35 bits per heavy atom. The number of rotatable bonds is 5. The smallest absolute Gasteiger partial charge is 0.167 e. The molecule has 0 saturated heterocycles. The van der Waals surface area contributed by atoms with Gasteiger partial charge in [-0.2, -0.15) is 0 Å². The first-order valence-electron chi connectivity index (χ1n) is 5.88. The molecule has 2 rings (SSSR count). The Balaban J connectivity index is 2.09. The molecule has 0 spiro atoms. The monoisotopic (exact) mass is 238 g/mol. The molecular weight excluding hydrogens is 220 g/mol. The zero-order chi connectivity index (χ0) is 12.1. The van der Waals surface area contributed by atoms with Crippen molar-refractivity contribution in [3.05, 3.63) is 23.8 Å². The van der Waals surface area contributed by atoms with E-state index in [1.807, 2.05) is 18.2 Å². The van der Waals surface area contributed by atoms with Gasteiger partial charge >= 0.3 is 0 Å². The van der Waals surface area contributed by atoms with Crippen LogP contribution in [0.15, 0.2) is 18.2 Å². The van der Waals surface area contributed by atoms with Crippen LogP contribution < -0.4 is 9.47 Å². The maximum Gasteiger partial charge on any atom is 0.167 e.